The highest BCUT2D eigenvalue weighted by Crippen LogP contribution is 2.50. The maximum Gasteiger partial charge on any atom is 0.309 e. The first-order valence-corrected chi connectivity index (χ1v) is 7.05. The normalized spacial score (nSPS) is 41.3. The molecule has 0 N–H and O–H groups in total. The average molecular weight is 269 g/mol. The first-order valence-electron chi connectivity index (χ1n) is 6.17. The Morgan fingerprint density at radius 3 is 2.72 bits per heavy atom. The molecule has 2 aliphatic carbocycles. The summed E-state index contributed by atoms with van der Waals surface area (Å²) in [6.07, 6.45) is 3.04. The van der Waals surface area contributed by atoms with Gasteiger partial charge in [0.2, 0.25) is 5.12 Å². The van der Waals surface area contributed by atoms with Crippen LogP contribution in [-0.2, 0) is 19.1 Å². The summed E-state index contributed by atoms with van der Waals surface area (Å²) in [7, 11) is 0. The lowest BCUT2D eigenvalue weighted by Crippen LogP contribution is -2.43. The number of carboxylic acid groups (broad SMARTS) is 1. The van der Waals surface area contributed by atoms with E-state index in [4.69, 9.17) is 4.74 Å². The Kier molecular flexibility index (Phi) is 2.84. The summed E-state index contributed by atoms with van der Waals surface area (Å²) in [5.41, 5.74) is 0. The van der Waals surface area contributed by atoms with E-state index in [0.717, 1.165) is 37.4 Å². The van der Waals surface area contributed by atoms with E-state index in [1.54, 1.807) is 0 Å². The molecule has 0 spiro atoms. The van der Waals surface area contributed by atoms with E-state index >= 15 is 0 Å². The van der Waals surface area contributed by atoms with Crippen molar-refractivity contribution in [3.63, 3.8) is 0 Å². The van der Waals surface area contributed by atoms with E-state index < -0.39 is 11.1 Å². The smallest absolute Gasteiger partial charge is 0.309 e. The number of hydrogen-bond acceptors (Lipinski definition) is 6. The van der Waals surface area contributed by atoms with Gasteiger partial charge in [0.05, 0.1) is 11.2 Å². The van der Waals surface area contributed by atoms with Crippen molar-refractivity contribution in [1.29, 1.82) is 0 Å². The molecule has 2 saturated carbocycles. The summed E-state index contributed by atoms with van der Waals surface area (Å²) in [4.78, 5) is 33.6. The van der Waals surface area contributed by atoms with Crippen molar-refractivity contribution < 1.29 is 24.2 Å². The topological polar surface area (TPSA) is 83.5 Å². The van der Waals surface area contributed by atoms with Gasteiger partial charge in [-0.3, -0.25) is 9.59 Å². The minimum atomic E-state index is -1.67. The summed E-state index contributed by atoms with van der Waals surface area (Å²) in [6, 6.07) is 0. The highest BCUT2D eigenvalue weighted by Gasteiger charge is 2.50. The zero-order chi connectivity index (χ0) is 12.9. The van der Waals surface area contributed by atoms with Gasteiger partial charge < -0.3 is 14.6 Å². The number of ether oxygens (including phenoxy) is 1. The number of esters is 1. The molecule has 2 saturated heterocycles. The lowest BCUT2D eigenvalue weighted by atomic mass is 9.68. The van der Waals surface area contributed by atoms with Crippen LogP contribution in [0.4, 0.5) is 0 Å². The second-order valence-corrected chi connectivity index (χ2v) is 6.55. The first-order chi connectivity index (χ1) is 8.54. The fraction of sp³-hybridized carbons (Fsp3) is 0.750. The Hall–Kier alpha value is -1.04. The number of carbonyl (C=O) groups excluding carboxylic acids is 3. The van der Waals surface area contributed by atoms with Crippen molar-refractivity contribution in [1.82, 2.24) is 0 Å². The van der Waals surface area contributed by atoms with E-state index in [-0.39, 0.29) is 29.2 Å². The van der Waals surface area contributed by atoms with E-state index in [1.807, 2.05) is 0 Å². The molecular formula is C12H13O5S-. The number of thioether (sulfide) groups is 1. The number of aliphatic carboxylic acids is 1. The van der Waals surface area contributed by atoms with Crippen molar-refractivity contribution >= 4 is 28.8 Å². The van der Waals surface area contributed by atoms with Gasteiger partial charge >= 0.3 is 5.97 Å². The lowest BCUT2D eigenvalue weighted by molar-refractivity contribution is -0.298. The molecule has 4 bridgehead atoms. The largest absolute Gasteiger partial charge is 0.541 e. The van der Waals surface area contributed by atoms with Gasteiger partial charge in [0, 0.05) is 0 Å². The Balaban J connectivity index is 1.82. The molecule has 4 fully saturated rings. The number of carboxylic acids is 1. The highest BCUT2D eigenvalue weighted by atomic mass is 32.2. The van der Waals surface area contributed by atoms with Gasteiger partial charge in [0.15, 0.2) is 0 Å². The van der Waals surface area contributed by atoms with Gasteiger partial charge in [-0.2, -0.15) is 0 Å². The predicted octanol–water partition coefficient (Wildman–Crippen LogP) is -0.274. The van der Waals surface area contributed by atoms with Crippen molar-refractivity contribution in [2.45, 2.75) is 37.0 Å². The van der Waals surface area contributed by atoms with Crippen LogP contribution in [-0.4, -0.2) is 28.4 Å². The molecule has 6 heteroatoms. The van der Waals surface area contributed by atoms with Crippen LogP contribution < -0.4 is 5.11 Å². The van der Waals surface area contributed by atoms with Gasteiger partial charge in [-0.25, -0.2) is 0 Å². The van der Waals surface area contributed by atoms with E-state index in [2.05, 4.69) is 0 Å². The van der Waals surface area contributed by atoms with Crippen LogP contribution in [0.1, 0.15) is 25.7 Å². The Bertz CT molecular complexity index is 421. The van der Waals surface area contributed by atoms with Crippen LogP contribution in [0.3, 0.4) is 0 Å². The SMILES string of the molecule is O=C([O-])C(=O)SC1C2CC3CC(C2)C(=O)OC1C3. The van der Waals surface area contributed by atoms with Gasteiger partial charge in [0.25, 0.3) is 0 Å². The van der Waals surface area contributed by atoms with Crippen LogP contribution >= 0.6 is 11.8 Å². The summed E-state index contributed by atoms with van der Waals surface area (Å²) < 4.78 is 5.40. The third-order valence-electron chi connectivity index (χ3n) is 4.25. The van der Waals surface area contributed by atoms with Crippen LogP contribution in [0.15, 0.2) is 0 Å². The fourth-order valence-corrected chi connectivity index (χ4v) is 4.68. The number of rotatable bonds is 1. The minimum absolute atomic E-state index is 0.0533. The van der Waals surface area contributed by atoms with Crippen molar-refractivity contribution in [2.24, 2.45) is 17.8 Å². The molecule has 4 aliphatic rings. The molecule has 5 atom stereocenters. The van der Waals surface area contributed by atoms with Gasteiger partial charge in [0.1, 0.15) is 12.1 Å². The van der Waals surface area contributed by atoms with Crippen LogP contribution in [0.2, 0.25) is 0 Å². The molecule has 0 aromatic carbocycles. The quantitative estimate of drug-likeness (QED) is 0.481. The molecule has 5 unspecified atom stereocenters. The molecule has 4 rings (SSSR count). The summed E-state index contributed by atoms with van der Waals surface area (Å²) in [5, 5.41) is 9.36. The highest BCUT2D eigenvalue weighted by molar-refractivity contribution is 8.15. The van der Waals surface area contributed by atoms with Gasteiger partial charge in [-0.15, -0.1) is 0 Å². The Morgan fingerprint density at radius 1 is 1.22 bits per heavy atom. The Morgan fingerprint density at radius 2 is 2.00 bits per heavy atom. The van der Waals surface area contributed by atoms with Crippen molar-refractivity contribution in [2.75, 3.05) is 0 Å². The first kappa shape index (κ1) is 12.0. The van der Waals surface area contributed by atoms with Crippen LogP contribution in [0.25, 0.3) is 0 Å². The summed E-state index contributed by atoms with van der Waals surface area (Å²) in [5.74, 6) is -1.19. The number of fused-ring (bicyclic) bond motifs is 1. The lowest BCUT2D eigenvalue weighted by Gasteiger charge is -2.41. The molecule has 0 radical (unpaired) electrons. The standard InChI is InChI=1S/C12H14O5S/c13-10(14)12(16)18-9-6-1-5-2-7(4-6)11(15)17-8(9)3-5/h5-9H,1-4H2,(H,13,14)/p-1. The molecule has 5 nitrogen and oxygen atoms in total. The summed E-state index contributed by atoms with van der Waals surface area (Å²) >= 11 is 0.780. The van der Waals surface area contributed by atoms with E-state index in [9.17, 15) is 19.5 Å². The van der Waals surface area contributed by atoms with E-state index in [0.29, 0.717) is 5.92 Å². The third-order valence-corrected chi connectivity index (χ3v) is 5.59. The van der Waals surface area contributed by atoms with Gasteiger partial charge in [-0.05, 0) is 37.5 Å². The van der Waals surface area contributed by atoms with Crippen molar-refractivity contribution in [3.05, 3.63) is 0 Å². The summed E-state index contributed by atoms with van der Waals surface area (Å²) in [6.45, 7) is 0. The number of hydrogen-bond donors (Lipinski definition) is 0. The zero-order valence-corrected chi connectivity index (χ0v) is 10.5. The second kappa shape index (κ2) is 4.26. The molecule has 0 aromatic heterocycles. The van der Waals surface area contributed by atoms with Gasteiger partial charge in [-0.1, -0.05) is 11.8 Å². The second-order valence-electron chi connectivity index (χ2n) is 5.40. The molecule has 2 heterocycles. The minimum Gasteiger partial charge on any atom is -0.541 e. The molecule has 18 heavy (non-hydrogen) atoms. The zero-order valence-electron chi connectivity index (χ0n) is 9.66. The van der Waals surface area contributed by atoms with Crippen LogP contribution in [0, 0.1) is 17.8 Å². The maximum absolute atomic E-state index is 11.8. The third kappa shape index (κ3) is 1.92. The predicted molar refractivity (Wildman–Crippen MR) is 60.2 cm³/mol. The number of carbonyl (C=O) groups is 3. The van der Waals surface area contributed by atoms with Crippen LogP contribution in [0.5, 0.6) is 0 Å². The monoisotopic (exact) mass is 269 g/mol. The Labute approximate surface area is 108 Å². The molecule has 2 aliphatic heterocycles. The molecule has 0 amide bonds. The molecule has 0 aromatic rings. The molecular weight excluding hydrogens is 256 g/mol. The average Bonchev–Trinajstić information content (AvgIpc) is 2.47. The maximum atomic E-state index is 11.8. The van der Waals surface area contributed by atoms with E-state index in [1.165, 1.54) is 0 Å². The van der Waals surface area contributed by atoms with Crippen molar-refractivity contribution in [3.8, 4) is 0 Å². The fourth-order valence-electron chi connectivity index (χ4n) is 3.61. The molecule has 98 valence electrons.